The van der Waals surface area contributed by atoms with E-state index in [1.165, 1.54) is 20.9 Å². The van der Waals surface area contributed by atoms with E-state index in [9.17, 15) is 4.39 Å². The quantitative estimate of drug-likeness (QED) is 0.393. The van der Waals surface area contributed by atoms with Crippen LogP contribution < -0.4 is 0 Å². The van der Waals surface area contributed by atoms with E-state index in [2.05, 4.69) is 25.8 Å². The first kappa shape index (κ1) is 10.5. The van der Waals surface area contributed by atoms with Gasteiger partial charge in [-0.1, -0.05) is 6.92 Å². The molecule has 0 bridgehead atoms. The molecule has 0 aliphatic carbocycles. The Hall–Kier alpha value is 0.503. The monoisotopic (exact) mass is 300 g/mol. The predicted molar refractivity (Wildman–Crippen MR) is 44.0 cm³/mol. The summed E-state index contributed by atoms with van der Waals surface area (Å²) in [5.41, 5.74) is 1.03. The van der Waals surface area contributed by atoms with Crippen molar-refractivity contribution >= 4 is 19.8 Å². The Morgan fingerprint density at radius 2 is 2.10 bits per heavy atom. The van der Waals surface area contributed by atoms with Crippen LogP contribution in [0.4, 0.5) is 4.39 Å². The molecule has 0 saturated heterocycles. The molecule has 0 atom stereocenters. The summed E-state index contributed by atoms with van der Waals surface area (Å²) < 4.78 is 12.0. The van der Waals surface area contributed by atoms with Crippen LogP contribution in [0.3, 0.4) is 0 Å². The Morgan fingerprint density at radius 3 is 2.40 bits per heavy atom. The van der Waals surface area contributed by atoms with Crippen molar-refractivity contribution in [2.24, 2.45) is 0 Å². The third-order valence-electron chi connectivity index (χ3n) is 0.930. The summed E-state index contributed by atoms with van der Waals surface area (Å²) in [6.07, 6.45) is 0. The van der Waals surface area contributed by atoms with Gasteiger partial charge in [-0.05, 0) is 0 Å². The molecule has 0 spiro atoms. The molecule has 0 unspecified atom stereocenters. The SMILES string of the molecule is Cc1c[c-]c(F)cc1.[Zn+][I]. The zero-order valence-electron chi connectivity index (χ0n) is 5.70. The van der Waals surface area contributed by atoms with Crippen LogP contribution >= 0.6 is 19.8 Å². The molecule has 0 amide bonds. The molecular formula is C7H6FIZn. The molecule has 0 aliphatic rings. The Balaban J connectivity index is 0.000000371. The topological polar surface area (TPSA) is 0 Å². The first-order valence-corrected chi connectivity index (χ1v) is 11.7. The summed E-state index contributed by atoms with van der Waals surface area (Å²) in [6.45, 7) is 1.90. The first-order valence-electron chi connectivity index (χ1n) is 2.69. The molecule has 0 N–H and O–H groups in total. The third-order valence-corrected chi connectivity index (χ3v) is 0.930. The van der Waals surface area contributed by atoms with E-state index in [-0.39, 0.29) is 5.82 Å². The van der Waals surface area contributed by atoms with E-state index < -0.39 is 0 Å². The van der Waals surface area contributed by atoms with Crippen LogP contribution in [0.25, 0.3) is 0 Å². The molecule has 50 valence electrons. The summed E-state index contributed by atoms with van der Waals surface area (Å²) in [5.74, 6) is -0.296. The number of hydrogen-bond acceptors (Lipinski definition) is 0. The standard InChI is InChI=1S/C7H6F.HI.Zn/c1-6-2-4-7(8)5-3-6;;/h2-4H,1H3;1H;/q-1;;+2/p-1. The molecule has 0 aliphatic heterocycles. The zero-order valence-corrected chi connectivity index (χ0v) is 10.8. The number of rotatable bonds is 0. The molecule has 3 heteroatoms. The van der Waals surface area contributed by atoms with Crippen LogP contribution in [-0.2, 0) is 14.8 Å². The fraction of sp³-hybridized carbons (Fsp3) is 0.143. The van der Waals surface area contributed by atoms with Gasteiger partial charge in [0.05, 0.1) is 0 Å². The van der Waals surface area contributed by atoms with Crippen LogP contribution in [-0.4, -0.2) is 0 Å². The van der Waals surface area contributed by atoms with Gasteiger partial charge in [0.25, 0.3) is 0 Å². The maximum absolute atomic E-state index is 12.0. The first-order chi connectivity index (χ1) is 4.79. The second kappa shape index (κ2) is 6.23. The molecule has 0 radical (unpaired) electrons. The second-order valence-electron chi connectivity index (χ2n) is 1.71. The molecule has 1 aromatic carbocycles. The van der Waals surface area contributed by atoms with Gasteiger partial charge < -0.3 is 0 Å². The van der Waals surface area contributed by atoms with E-state index in [0.29, 0.717) is 0 Å². The van der Waals surface area contributed by atoms with E-state index in [1.54, 1.807) is 12.1 Å². The molecule has 1 rings (SSSR count). The van der Waals surface area contributed by atoms with Gasteiger partial charge in [-0.2, -0.15) is 17.7 Å². The van der Waals surface area contributed by atoms with Crippen LogP contribution in [0, 0.1) is 18.8 Å². The van der Waals surface area contributed by atoms with Gasteiger partial charge in [0, 0.05) is 5.82 Å². The average molecular weight is 301 g/mol. The molecular weight excluding hydrogens is 295 g/mol. The van der Waals surface area contributed by atoms with E-state index in [1.807, 2.05) is 6.92 Å². The Labute approximate surface area is 81.1 Å². The van der Waals surface area contributed by atoms with Crippen LogP contribution in [0.15, 0.2) is 18.2 Å². The van der Waals surface area contributed by atoms with Gasteiger partial charge in [0.2, 0.25) is 0 Å². The summed E-state index contributed by atoms with van der Waals surface area (Å²) in [5, 5.41) is 0. The van der Waals surface area contributed by atoms with Gasteiger partial charge in [-0.15, -0.1) is 12.1 Å². The molecule has 0 saturated carbocycles. The van der Waals surface area contributed by atoms with Crippen LogP contribution in [0.1, 0.15) is 5.56 Å². The fourth-order valence-electron chi connectivity index (χ4n) is 0.484. The average Bonchev–Trinajstić information content (AvgIpc) is 2.00. The third kappa shape index (κ3) is 4.34. The second-order valence-corrected chi connectivity index (χ2v) is 1.71. The number of aryl methyl sites for hydroxylation is 1. The summed E-state index contributed by atoms with van der Waals surface area (Å²) in [6, 6.07) is 7.17. The van der Waals surface area contributed by atoms with E-state index in [0.717, 1.165) is 5.56 Å². The van der Waals surface area contributed by atoms with Crippen molar-refractivity contribution in [2.45, 2.75) is 6.92 Å². The van der Waals surface area contributed by atoms with Gasteiger partial charge >= 0.3 is 34.5 Å². The normalized spacial score (nSPS) is 8.10. The van der Waals surface area contributed by atoms with Crippen LogP contribution in [0.2, 0.25) is 0 Å². The molecule has 0 fully saturated rings. The van der Waals surface area contributed by atoms with Crippen molar-refractivity contribution in [3.63, 3.8) is 0 Å². The van der Waals surface area contributed by atoms with Crippen molar-refractivity contribution in [3.05, 3.63) is 35.6 Å². The minimum atomic E-state index is -0.296. The van der Waals surface area contributed by atoms with Crippen molar-refractivity contribution in [1.29, 1.82) is 0 Å². The Kier molecular flexibility index (Phi) is 6.54. The van der Waals surface area contributed by atoms with E-state index >= 15 is 0 Å². The zero-order chi connectivity index (χ0) is 7.98. The van der Waals surface area contributed by atoms with E-state index in [4.69, 9.17) is 0 Å². The van der Waals surface area contributed by atoms with Crippen LogP contribution in [0.5, 0.6) is 0 Å². The van der Waals surface area contributed by atoms with Crippen molar-refractivity contribution in [2.75, 3.05) is 0 Å². The van der Waals surface area contributed by atoms with Crippen molar-refractivity contribution < 1.29 is 19.2 Å². The van der Waals surface area contributed by atoms with Gasteiger partial charge in [-0.3, -0.25) is 0 Å². The predicted octanol–water partition coefficient (Wildman–Crippen LogP) is 2.82. The van der Waals surface area contributed by atoms with Gasteiger partial charge in [0.1, 0.15) is 0 Å². The van der Waals surface area contributed by atoms with Crippen molar-refractivity contribution in [3.8, 4) is 0 Å². The molecule has 0 aromatic heterocycles. The Morgan fingerprint density at radius 1 is 1.50 bits per heavy atom. The number of halogens is 2. The maximum atomic E-state index is 12.0. The molecule has 10 heavy (non-hydrogen) atoms. The number of benzene rings is 1. The summed E-state index contributed by atoms with van der Waals surface area (Å²) in [4.78, 5) is 0. The summed E-state index contributed by atoms with van der Waals surface area (Å²) >= 11 is 3.62. The van der Waals surface area contributed by atoms with Crippen molar-refractivity contribution in [1.82, 2.24) is 0 Å². The molecule has 0 heterocycles. The van der Waals surface area contributed by atoms with Gasteiger partial charge in [-0.25, -0.2) is 4.39 Å². The summed E-state index contributed by atoms with van der Waals surface area (Å²) in [7, 11) is 0. The fourth-order valence-corrected chi connectivity index (χ4v) is 0.484. The van der Waals surface area contributed by atoms with Gasteiger partial charge in [0.15, 0.2) is 0 Å². The molecule has 0 nitrogen and oxygen atoms in total. The minimum absolute atomic E-state index is 0.296. The molecule has 1 aromatic rings. The number of hydrogen-bond donors (Lipinski definition) is 0. The Bertz CT molecular complexity index is 152.